The van der Waals surface area contributed by atoms with Crippen molar-refractivity contribution in [2.75, 3.05) is 19.8 Å². The predicted molar refractivity (Wildman–Crippen MR) is 64.9 cm³/mol. The molecule has 1 heterocycles. The highest BCUT2D eigenvalue weighted by atomic mass is 19.4. The van der Waals surface area contributed by atoms with Gasteiger partial charge in [-0.2, -0.15) is 48.3 Å². The summed E-state index contributed by atoms with van der Waals surface area (Å²) in [5, 5.41) is 0. The van der Waals surface area contributed by atoms with Crippen LogP contribution >= 0.6 is 0 Å². The molecule has 2 nitrogen and oxygen atoms in total. The molecule has 0 radical (unpaired) electrons. The fourth-order valence-electron chi connectivity index (χ4n) is 2.15. The van der Waals surface area contributed by atoms with E-state index in [4.69, 9.17) is 9.47 Å². The minimum atomic E-state index is -7.35. The fourth-order valence-corrected chi connectivity index (χ4v) is 2.15. The van der Waals surface area contributed by atoms with E-state index in [0.29, 0.717) is 13.0 Å². The van der Waals surface area contributed by atoms with Crippen LogP contribution in [0.1, 0.15) is 25.7 Å². The lowest BCUT2D eigenvalue weighted by Crippen LogP contribution is -2.66. The molecular formula is C13H15F11O2. The van der Waals surface area contributed by atoms with Crippen LogP contribution in [-0.4, -0.2) is 55.8 Å². The first kappa shape index (κ1) is 23.2. The molecule has 0 N–H and O–H groups in total. The number of rotatable bonds is 9. The van der Waals surface area contributed by atoms with Crippen molar-refractivity contribution in [3.8, 4) is 0 Å². The second-order valence-corrected chi connectivity index (χ2v) is 5.74. The summed E-state index contributed by atoms with van der Waals surface area (Å²) in [5.41, 5.74) is 0. The molecule has 0 aliphatic carbocycles. The van der Waals surface area contributed by atoms with E-state index in [1.165, 1.54) is 0 Å². The summed E-state index contributed by atoms with van der Waals surface area (Å²) in [5.74, 6) is -27.4. The minimum Gasteiger partial charge on any atom is -0.379 e. The highest BCUT2D eigenvalue weighted by Crippen LogP contribution is 2.58. The molecule has 1 rings (SSSR count). The quantitative estimate of drug-likeness (QED) is 0.389. The Morgan fingerprint density at radius 3 is 1.85 bits per heavy atom. The average molecular weight is 412 g/mol. The van der Waals surface area contributed by atoms with Crippen LogP contribution in [0.4, 0.5) is 48.3 Å². The van der Waals surface area contributed by atoms with Gasteiger partial charge in [0.15, 0.2) is 0 Å². The number of hydrogen-bond acceptors (Lipinski definition) is 2. The molecule has 0 saturated carbocycles. The summed E-state index contributed by atoms with van der Waals surface area (Å²) in [6.07, 6.45) is -9.20. The summed E-state index contributed by atoms with van der Waals surface area (Å²) in [4.78, 5) is 0. The van der Waals surface area contributed by atoms with Gasteiger partial charge in [0.05, 0.1) is 12.7 Å². The first-order valence-electron chi connectivity index (χ1n) is 7.35. The topological polar surface area (TPSA) is 18.5 Å². The van der Waals surface area contributed by atoms with E-state index in [0.717, 1.165) is 6.42 Å². The van der Waals surface area contributed by atoms with Crippen molar-refractivity contribution in [1.29, 1.82) is 0 Å². The van der Waals surface area contributed by atoms with Crippen molar-refractivity contribution in [3.05, 3.63) is 0 Å². The molecule has 0 bridgehead atoms. The van der Waals surface area contributed by atoms with Gasteiger partial charge in [-0.25, -0.2) is 0 Å². The maximum Gasteiger partial charge on any atom is 0.460 e. The largest absolute Gasteiger partial charge is 0.460 e. The number of ether oxygens (including phenoxy) is 2. The first-order valence-corrected chi connectivity index (χ1v) is 7.35. The van der Waals surface area contributed by atoms with Crippen molar-refractivity contribution in [3.63, 3.8) is 0 Å². The molecule has 13 heteroatoms. The summed E-state index contributed by atoms with van der Waals surface area (Å²) in [7, 11) is 0. The van der Waals surface area contributed by atoms with Crippen LogP contribution in [0.15, 0.2) is 0 Å². The Bertz CT molecular complexity index is 455. The Hall–Kier alpha value is -0.850. The number of hydrogen-bond donors (Lipinski definition) is 0. The fraction of sp³-hybridized carbons (Fsp3) is 1.00. The molecule has 0 spiro atoms. The van der Waals surface area contributed by atoms with E-state index >= 15 is 0 Å². The summed E-state index contributed by atoms with van der Waals surface area (Å²) < 4.78 is 150. The molecule has 1 fully saturated rings. The van der Waals surface area contributed by atoms with Gasteiger partial charge in [-0.05, 0) is 19.3 Å². The third-order valence-electron chi connectivity index (χ3n) is 3.71. The molecular weight excluding hydrogens is 397 g/mol. The lowest BCUT2D eigenvalue weighted by molar-refractivity contribution is -0.422. The molecule has 1 atom stereocenters. The molecule has 156 valence electrons. The Morgan fingerprint density at radius 2 is 1.38 bits per heavy atom. The normalized spacial score (nSPS) is 20.7. The van der Waals surface area contributed by atoms with Gasteiger partial charge in [0.1, 0.15) is 0 Å². The Labute approximate surface area is 140 Å². The lowest BCUT2D eigenvalue weighted by Gasteiger charge is -2.37. The summed E-state index contributed by atoms with van der Waals surface area (Å²) in [6, 6.07) is 0. The van der Waals surface area contributed by atoms with Gasteiger partial charge in [0.25, 0.3) is 0 Å². The molecule has 1 aliphatic heterocycles. The molecule has 0 aromatic heterocycles. The van der Waals surface area contributed by atoms with E-state index in [1.54, 1.807) is 0 Å². The predicted octanol–water partition coefficient (Wildman–Crippen LogP) is 5.07. The van der Waals surface area contributed by atoms with Crippen molar-refractivity contribution in [1.82, 2.24) is 0 Å². The molecule has 1 aliphatic rings. The number of alkyl halides is 11. The Kier molecular flexibility index (Phi) is 6.82. The Morgan fingerprint density at radius 1 is 0.808 bits per heavy atom. The summed E-state index contributed by atoms with van der Waals surface area (Å²) in [6.45, 7) is -0.252. The molecule has 26 heavy (non-hydrogen) atoms. The van der Waals surface area contributed by atoms with Gasteiger partial charge >= 0.3 is 29.9 Å². The van der Waals surface area contributed by atoms with Crippen LogP contribution in [0.3, 0.4) is 0 Å². The van der Waals surface area contributed by atoms with Gasteiger partial charge in [-0.3, -0.25) is 0 Å². The summed E-state index contributed by atoms with van der Waals surface area (Å²) >= 11 is 0. The van der Waals surface area contributed by atoms with Crippen LogP contribution < -0.4 is 0 Å². The zero-order chi connectivity index (χ0) is 20.4. The van der Waals surface area contributed by atoms with E-state index in [1.807, 2.05) is 0 Å². The third-order valence-corrected chi connectivity index (χ3v) is 3.71. The maximum atomic E-state index is 13.3. The van der Waals surface area contributed by atoms with Gasteiger partial charge in [-0.1, -0.05) is 0 Å². The first-order chi connectivity index (χ1) is 11.6. The van der Waals surface area contributed by atoms with Crippen molar-refractivity contribution in [2.24, 2.45) is 0 Å². The van der Waals surface area contributed by atoms with Crippen molar-refractivity contribution < 1.29 is 57.8 Å². The van der Waals surface area contributed by atoms with E-state index < -0.39 is 49.3 Å². The zero-order valence-electron chi connectivity index (χ0n) is 13.0. The average Bonchev–Trinajstić information content (AvgIpc) is 2.98. The standard InChI is InChI=1S/C13H15F11O2/c14-9(15,4-2-5-25-7-8-3-1-6-26-8)10(16,17)11(18,19)12(20,21)13(22,23)24/h8H,1-7H2. The smallest absolute Gasteiger partial charge is 0.379 e. The number of halogens is 11. The van der Waals surface area contributed by atoms with Crippen molar-refractivity contribution >= 4 is 0 Å². The SMILES string of the molecule is FC(F)(F)C(F)(F)C(F)(F)C(F)(F)C(F)(F)CCCOCC1CCCO1. The van der Waals surface area contributed by atoms with Gasteiger partial charge < -0.3 is 9.47 Å². The lowest BCUT2D eigenvalue weighted by atomic mass is 9.95. The van der Waals surface area contributed by atoms with Crippen LogP contribution in [0, 0.1) is 0 Å². The van der Waals surface area contributed by atoms with Crippen molar-refractivity contribution in [2.45, 2.75) is 61.7 Å². The minimum absolute atomic E-state index is 0.0791. The highest BCUT2D eigenvalue weighted by Gasteiger charge is 2.86. The van der Waals surface area contributed by atoms with Gasteiger partial charge in [0.2, 0.25) is 0 Å². The monoisotopic (exact) mass is 412 g/mol. The zero-order valence-corrected chi connectivity index (χ0v) is 13.0. The molecule has 0 amide bonds. The van der Waals surface area contributed by atoms with Gasteiger partial charge in [0, 0.05) is 19.6 Å². The van der Waals surface area contributed by atoms with E-state index in [-0.39, 0.29) is 12.7 Å². The van der Waals surface area contributed by atoms with Crippen LogP contribution in [0.2, 0.25) is 0 Å². The second kappa shape index (κ2) is 7.64. The Balaban J connectivity index is 2.68. The van der Waals surface area contributed by atoms with Gasteiger partial charge in [-0.15, -0.1) is 0 Å². The van der Waals surface area contributed by atoms with E-state index in [2.05, 4.69) is 0 Å². The second-order valence-electron chi connectivity index (χ2n) is 5.74. The molecule has 0 aromatic rings. The van der Waals surface area contributed by atoms with E-state index in [9.17, 15) is 48.3 Å². The van der Waals surface area contributed by atoms with Crippen LogP contribution in [0.5, 0.6) is 0 Å². The highest BCUT2D eigenvalue weighted by molar-refractivity contribution is 5.06. The van der Waals surface area contributed by atoms with Crippen LogP contribution in [0.25, 0.3) is 0 Å². The molecule has 0 aromatic carbocycles. The molecule has 1 unspecified atom stereocenters. The maximum absolute atomic E-state index is 13.3. The third kappa shape index (κ3) is 4.34. The molecule has 1 saturated heterocycles. The van der Waals surface area contributed by atoms with Crippen LogP contribution in [-0.2, 0) is 9.47 Å².